The van der Waals surface area contributed by atoms with E-state index in [1.165, 1.54) is 0 Å². The molecule has 2 amide bonds. The quantitative estimate of drug-likeness (QED) is 0.799. The highest BCUT2D eigenvalue weighted by atomic mass is 32.2. The van der Waals surface area contributed by atoms with Crippen molar-refractivity contribution in [3.63, 3.8) is 0 Å². The van der Waals surface area contributed by atoms with Gasteiger partial charge in [0.25, 0.3) is 11.8 Å². The molecule has 0 aromatic heterocycles. The number of likely N-dealkylation sites (tertiary alicyclic amines) is 1. The molecule has 2 aliphatic rings. The van der Waals surface area contributed by atoms with Crippen LogP contribution in [0.1, 0.15) is 46.9 Å². The fraction of sp³-hybridized carbons (Fsp3) is 0.333. The van der Waals surface area contributed by atoms with Gasteiger partial charge >= 0.3 is 0 Å². The molecule has 2 aliphatic heterocycles. The molecule has 1 fully saturated rings. The minimum Gasteiger partial charge on any atom is -0.339 e. The van der Waals surface area contributed by atoms with Crippen molar-refractivity contribution in [1.82, 2.24) is 4.90 Å². The van der Waals surface area contributed by atoms with Gasteiger partial charge in [-0.1, -0.05) is 12.1 Å². The monoisotopic (exact) mass is 382 g/mol. The molecule has 2 aromatic carbocycles. The number of piperidine rings is 1. The summed E-state index contributed by atoms with van der Waals surface area (Å²) < 4.78 is 13.2. The van der Waals surface area contributed by atoms with Crippen molar-refractivity contribution < 1.29 is 13.8 Å². The van der Waals surface area contributed by atoms with Crippen molar-refractivity contribution in [2.24, 2.45) is 0 Å². The summed E-state index contributed by atoms with van der Waals surface area (Å²) in [6.45, 7) is 3.86. The molecule has 0 spiro atoms. The number of fused-ring (bicyclic) bond motifs is 2. The highest BCUT2D eigenvalue weighted by molar-refractivity contribution is 7.85. The van der Waals surface area contributed by atoms with Gasteiger partial charge in [0.2, 0.25) is 0 Å². The van der Waals surface area contributed by atoms with Crippen molar-refractivity contribution in [3.05, 3.63) is 53.6 Å². The Labute approximate surface area is 161 Å². The van der Waals surface area contributed by atoms with E-state index < -0.39 is 10.8 Å². The van der Waals surface area contributed by atoms with Gasteiger partial charge in [-0.2, -0.15) is 0 Å². The Morgan fingerprint density at radius 3 is 2.52 bits per heavy atom. The summed E-state index contributed by atoms with van der Waals surface area (Å²) in [5.74, 6) is -0.198. The number of hydrogen-bond acceptors (Lipinski definition) is 3. The molecular formula is C21H22N2O3S. The fourth-order valence-electron chi connectivity index (χ4n) is 3.79. The number of benzene rings is 2. The van der Waals surface area contributed by atoms with Gasteiger partial charge in [0.1, 0.15) is 0 Å². The zero-order valence-electron chi connectivity index (χ0n) is 15.3. The number of hydrogen-bond donors (Lipinski definition) is 0. The first-order valence-electron chi connectivity index (χ1n) is 9.38. The van der Waals surface area contributed by atoms with Crippen molar-refractivity contribution in [2.45, 2.75) is 36.0 Å². The smallest absolute Gasteiger partial charge is 0.259 e. The van der Waals surface area contributed by atoms with Crippen LogP contribution in [0.5, 0.6) is 0 Å². The molecule has 4 rings (SSSR count). The zero-order chi connectivity index (χ0) is 19.0. The third kappa shape index (κ3) is 3.08. The molecule has 0 N–H and O–H groups in total. The maximum Gasteiger partial charge on any atom is 0.259 e. The van der Waals surface area contributed by atoms with Crippen LogP contribution in [-0.2, 0) is 10.8 Å². The molecule has 0 saturated carbocycles. The topological polar surface area (TPSA) is 57.7 Å². The summed E-state index contributed by atoms with van der Waals surface area (Å²) in [5.41, 5.74) is 1.57. The number of carbonyl (C=O) groups is 2. The summed E-state index contributed by atoms with van der Waals surface area (Å²) in [4.78, 5) is 30.5. The van der Waals surface area contributed by atoms with Gasteiger partial charge in [0.05, 0.1) is 31.8 Å². The highest BCUT2D eigenvalue weighted by Crippen LogP contribution is 2.35. The average Bonchev–Trinajstić information content (AvgIpc) is 2.81. The van der Waals surface area contributed by atoms with Gasteiger partial charge in [0, 0.05) is 25.2 Å². The standard InChI is InChI=1S/C21H22N2O3S/c1-2-23-17-14-15(20(24)22-12-6-3-7-13-22)10-11-19(17)27(26)18-9-5-4-8-16(18)21(23)25/h4-5,8-11,14H,2-3,6-7,12-13H2,1H3. The van der Waals surface area contributed by atoms with Crippen LogP contribution in [0, 0.1) is 0 Å². The Morgan fingerprint density at radius 2 is 1.78 bits per heavy atom. The molecule has 5 nitrogen and oxygen atoms in total. The Balaban J connectivity index is 1.80. The van der Waals surface area contributed by atoms with Crippen LogP contribution in [-0.4, -0.2) is 40.6 Å². The first kappa shape index (κ1) is 17.9. The van der Waals surface area contributed by atoms with Gasteiger partial charge in [0.15, 0.2) is 0 Å². The molecule has 0 aliphatic carbocycles. The third-order valence-corrected chi connectivity index (χ3v) is 6.72. The van der Waals surface area contributed by atoms with Crippen LogP contribution in [0.4, 0.5) is 5.69 Å². The van der Waals surface area contributed by atoms with E-state index in [0.717, 1.165) is 32.4 Å². The zero-order valence-corrected chi connectivity index (χ0v) is 16.1. The summed E-state index contributed by atoms with van der Waals surface area (Å²) >= 11 is 0. The highest BCUT2D eigenvalue weighted by Gasteiger charge is 2.31. The Kier molecular flexibility index (Phi) is 4.83. The van der Waals surface area contributed by atoms with Gasteiger partial charge in [-0.25, -0.2) is 4.21 Å². The number of carbonyl (C=O) groups excluding carboxylic acids is 2. The molecule has 27 heavy (non-hydrogen) atoms. The second-order valence-electron chi connectivity index (χ2n) is 6.85. The van der Waals surface area contributed by atoms with E-state index in [0.29, 0.717) is 33.2 Å². The number of nitrogens with zero attached hydrogens (tertiary/aromatic N) is 2. The van der Waals surface area contributed by atoms with Crippen molar-refractivity contribution >= 4 is 28.3 Å². The SMILES string of the molecule is CCN1C(=O)c2ccccc2S(=O)c2ccc(C(=O)N3CCCCC3)cc21. The van der Waals surface area contributed by atoms with E-state index >= 15 is 0 Å². The van der Waals surface area contributed by atoms with Crippen LogP contribution >= 0.6 is 0 Å². The van der Waals surface area contributed by atoms with Crippen LogP contribution in [0.15, 0.2) is 52.3 Å². The first-order chi connectivity index (χ1) is 13.1. The molecule has 2 heterocycles. The van der Waals surface area contributed by atoms with Crippen LogP contribution in [0.3, 0.4) is 0 Å². The predicted octanol–water partition coefficient (Wildman–Crippen LogP) is 3.46. The molecule has 0 radical (unpaired) electrons. The largest absolute Gasteiger partial charge is 0.339 e. The molecule has 1 unspecified atom stereocenters. The molecule has 1 atom stereocenters. The maximum atomic E-state index is 13.2. The molecular weight excluding hydrogens is 360 g/mol. The third-order valence-electron chi connectivity index (χ3n) is 5.22. The molecule has 140 valence electrons. The Hall–Kier alpha value is -2.47. The van der Waals surface area contributed by atoms with Gasteiger partial charge < -0.3 is 9.80 Å². The number of amides is 2. The molecule has 0 bridgehead atoms. The van der Waals surface area contributed by atoms with Crippen molar-refractivity contribution in [2.75, 3.05) is 24.5 Å². The van der Waals surface area contributed by atoms with Gasteiger partial charge in [-0.15, -0.1) is 0 Å². The summed E-state index contributed by atoms with van der Waals surface area (Å²) in [5, 5.41) is 0. The van der Waals surface area contributed by atoms with E-state index in [4.69, 9.17) is 0 Å². The lowest BCUT2D eigenvalue weighted by molar-refractivity contribution is 0.0724. The normalized spacial score (nSPS) is 19.3. The Morgan fingerprint density at radius 1 is 1.04 bits per heavy atom. The number of anilines is 1. The molecule has 2 aromatic rings. The predicted molar refractivity (Wildman–Crippen MR) is 105 cm³/mol. The van der Waals surface area contributed by atoms with Crippen LogP contribution in [0.2, 0.25) is 0 Å². The second-order valence-corrected chi connectivity index (χ2v) is 8.27. The average molecular weight is 382 g/mol. The van der Waals surface area contributed by atoms with E-state index in [9.17, 15) is 13.8 Å². The lowest BCUT2D eigenvalue weighted by Gasteiger charge is -2.27. The number of rotatable bonds is 2. The van der Waals surface area contributed by atoms with E-state index in [1.54, 1.807) is 47.4 Å². The summed E-state index contributed by atoms with van der Waals surface area (Å²) in [7, 11) is -1.46. The lowest BCUT2D eigenvalue weighted by atomic mass is 10.1. The molecule has 1 saturated heterocycles. The van der Waals surface area contributed by atoms with E-state index in [1.807, 2.05) is 11.8 Å². The summed E-state index contributed by atoms with van der Waals surface area (Å²) in [6, 6.07) is 12.2. The summed E-state index contributed by atoms with van der Waals surface area (Å²) in [6.07, 6.45) is 3.20. The van der Waals surface area contributed by atoms with Gasteiger partial charge in [-0.05, 0) is 56.5 Å². The maximum absolute atomic E-state index is 13.2. The minimum absolute atomic E-state index is 0.0199. The minimum atomic E-state index is -1.46. The van der Waals surface area contributed by atoms with Gasteiger partial charge in [-0.3, -0.25) is 9.59 Å². The van der Waals surface area contributed by atoms with E-state index in [2.05, 4.69) is 0 Å². The van der Waals surface area contributed by atoms with Crippen molar-refractivity contribution in [3.8, 4) is 0 Å². The van der Waals surface area contributed by atoms with Crippen LogP contribution in [0.25, 0.3) is 0 Å². The second kappa shape index (κ2) is 7.27. The lowest BCUT2D eigenvalue weighted by Crippen LogP contribution is -2.36. The fourth-order valence-corrected chi connectivity index (χ4v) is 5.13. The van der Waals surface area contributed by atoms with E-state index in [-0.39, 0.29) is 11.8 Å². The Bertz CT molecular complexity index is 935. The molecule has 6 heteroatoms. The van der Waals surface area contributed by atoms with Crippen LogP contribution < -0.4 is 4.90 Å². The first-order valence-corrected chi connectivity index (χ1v) is 10.5. The van der Waals surface area contributed by atoms with Crippen molar-refractivity contribution in [1.29, 1.82) is 0 Å².